The molecule has 22 heavy (non-hydrogen) atoms. The summed E-state index contributed by atoms with van der Waals surface area (Å²) in [4.78, 5) is 17.2. The summed E-state index contributed by atoms with van der Waals surface area (Å²) in [5, 5.41) is 3.06. The lowest BCUT2D eigenvalue weighted by atomic mass is 10.1. The number of hydrogen-bond donors (Lipinski definition) is 2. The molecule has 0 fully saturated rings. The fourth-order valence-corrected chi connectivity index (χ4v) is 3.89. The fraction of sp³-hybridized carbons (Fsp3) is 0.278. The minimum Gasteiger partial charge on any atom is -0.357 e. The lowest BCUT2D eigenvalue weighted by Gasteiger charge is -2.10. The number of benzene rings is 1. The lowest BCUT2D eigenvalue weighted by Crippen LogP contribution is -2.13. The second kappa shape index (κ2) is 5.29. The number of aryl methyl sites for hydroxylation is 4. The zero-order valence-corrected chi connectivity index (χ0v) is 14.4. The van der Waals surface area contributed by atoms with Gasteiger partial charge in [-0.05, 0) is 57.4 Å². The van der Waals surface area contributed by atoms with Crippen molar-refractivity contribution in [2.24, 2.45) is 0 Å². The van der Waals surface area contributed by atoms with Crippen molar-refractivity contribution in [1.82, 2.24) is 4.98 Å². The Morgan fingerprint density at radius 3 is 2.55 bits per heavy atom. The number of amides is 1. The molecule has 0 atom stereocenters. The summed E-state index contributed by atoms with van der Waals surface area (Å²) in [6.45, 7) is 10.2. The molecule has 0 aliphatic heterocycles. The van der Waals surface area contributed by atoms with Crippen molar-refractivity contribution < 1.29 is 4.79 Å². The molecule has 0 spiro atoms. The Morgan fingerprint density at radius 2 is 1.82 bits per heavy atom. The van der Waals surface area contributed by atoms with E-state index in [2.05, 4.69) is 30.2 Å². The van der Waals surface area contributed by atoms with Crippen LogP contribution in [0.3, 0.4) is 0 Å². The van der Waals surface area contributed by atoms with E-state index in [1.54, 1.807) is 11.3 Å². The average Bonchev–Trinajstić information content (AvgIpc) is 2.91. The van der Waals surface area contributed by atoms with Crippen LogP contribution >= 0.6 is 11.3 Å². The first-order chi connectivity index (χ1) is 10.4. The smallest absolute Gasteiger partial charge is 0.258 e. The van der Waals surface area contributed by atoms with Gasteiger partial charge in [0.1, 0.15) is 0 Å². The van der Waals surface area contributed by atoms with Gasteiger partial charge in [0.25, 0.3) is 5.91 Å². The maximum absolute atomic E-state index is 12.8. The molecule has 2 N–H and O–H groups in total. The summed E-state index contributed by atoms with van der Waals surface area (Å²) < 4.78 is 1.18. The molecule has 0 aliphatic rings. The van der Waals surface area contributed by atoms with Crippen LogP contribution in [0.1, 0.15) is 37.6 Å². The quantitative estimate of drug-likeness (QED) is 0.685. The third-order valence-electron chi connectivity index (χ3n) is 4.38. The lowest BCUT2D eigenvalue weighted by molar-refractivity contribution is 0.102. The first kappa shape index (κ1) is 14.9. The number of nitrogens with one attached hydrogen (secondary N) is 2. The van der Waals surface area contributed by atoms with E-state index < -0.39 is 0 Å². The summed E-state index contributed by atoms with van der Waals surface area (Å²) in [6, 6.07) is 5.97. The number of anilines is 1. The molecule has 0 saturated heterocycles. The van der Waals surface area contributed by atoms with E-state index in [9.17, 15) is 4.79 Å². The molecular formula is C18H20N2OS. The third kappa shape index (κ3) is 2.24. The summed E-state index contributed by atoms with van der Waals surface area (Å²) in [5.74, 6) is -0.0429. The van der Waals surface area contributed by atoms with Crippen LogP contribution in [-0.2, 0) is 0 Å². The van der Waals surface area contributed by atoms with Crippen LogP contribution in [0.25, 0.3) is 10.2 Å². The van der Waals surface area contributed by atoms with Gasteiger partial charge in [0.15, 0.2) is 0 Å². The van der Waals surface area contributed by atoms with Gasteiger partial charge in [-0.2, -0.15) is 0 Å². The normalized spacial score (nSPS) is 11.1. The second-order valence-corrected chi connectivity index (χ2v) is 7.04. The van der Waals surface area contributed by atoms with E-state index in [1.807, 2.05) is 32.9 Å². The van der Waals surface area contributed by atoms with E-state index in [4.69, 9.17) is 0 Å². The van der Waals surface area contributed by atoms with Gasteiger partial charge < -0.3 is 10.3 Å². The summed E-state index contributed by atoms with van der Waals surface area (Å²) in [6.07, 6.45) is 0. The first-order valence-corrected chi connectivity index (χ1v) is 8.17. The van der Waals surface area contributed by atoms with E-state index in [0.717, 1.165) is 32.9 Å². The highest BCUT2D eigenvalue weighted by molar-refractivity contribution is 7.19. The molecule has 114 valence electrons. The number of hydrogen-bond acceptors (Lipinski definition) is 2. The molecule has 3 rings (SSSR count). The molecule has 3 nitrogen and oxygen atoms in total. The van der Waals surface area contributed by atoms with E-state index in [0.29, 0.717) is 0 Å². The Kier molecular flexibility index (Phi) is 3.57. The SMILES string of the molecule is Cc1cccc(NC(=O)c2c(C)sc3c(C)c(C)[nH]c23)c1C. The van der Waals surface area contributed by atoms with Crippen molar-refractivity contribution in [3.63, 3.8) is 0 Å². The minimum atomic E-state index is -0.0429. The van der Waals surface area contributed by atoms with Crippen LogP contribution in [0.5, 0.6) is 0 Å². The Morgan fingerprint density at radius 1 is 1.09 bits per heavy atom. The van der Waals surface area contributed by atoms with Gasteiger partial charge >= 0.3 is 0 Å². The van der Waals surface area contributed by atoms with Gasteiger partial charge in [-0.15, -0.1) is 11.3 Å². The predicted octanol–water partition coefficient (Wildman–Crippen LogP) is 5.02. The molecule has 1 amide bonds. The zero-order valence-electron chi connectivity index (χ0n) is 13.5. The van der Waals surface area contributed by atoms with Crippen LogP contribution < -0.4 is 5.32 Å². The standard InChI is InChI=1S/C18H20N2OS/c1-9-7-6-8-14(10(9)2)20-18(21)15-13(5)22-17-11(3)12(4)19-16(15)17/h6-8,19H,1-5H3,(H,20,21). The molecule has 2 heterocycles. The largest absolute Gasteiger partial charge is 0.357 e. The van der Waals surface area contributed by atoms with Crippen LogP contribution in [0.2, 0.25) is 0 Å². The van der Waals surface area contributed by atoms with Gasteiger partial charge in [-0.1, -0.05) is 12.1 Å². The number of rotatable bonds is 2. The highest BCUT2D eigenvalue weighted by Gasteiger charge is 2.20. The Bertz CT molecular complexity index is 886. The van der Waals surface area contributed by atoms with Gasteiger partial charge in [0, 0.05) is 16.3 Å². The molecule has 0 radical (unpaired) electrons. The van der Waals surface area contributed by atoms with E-state index in [1.165, 1.54) is 15.8 Å². The van der Waals surface area contributed by atoms with Gasteiger partial charge in [-0.25, -0.2) is 0 Å². The highest BCUT2D eigenvalue weighted by atomic mass is 32.1. The van der Waals surface area contributed by atoms with Crippen molar-refractivity contribution in [3.05, 3.63) is 51.0 Å². The molecule has 2 aromatic heterocycles. The number of aromatic amines is 1. The molecule has 4 heteroatoms. The Labute approximate surface area is 134 Å². The Balaban J connectivity index is 2.04. The van der Waals surface area contributed by atoms with Crippen molar-refractivity contribution in [2.75, 3.05) is 5.32 Å². The van der Waals surface area contributed by atoms with Gasteiger partial charge in [0.05, 0.1) is 15.8 Å². The zero-order chi connectivity index (χ0) is 16.0. The predicted molar refractivity (Wildman–Crippen MR) is 94.3 cm³/mol. The number of thiophene rings is 1. The molecule has 0 saturated carbocycles. The monoisotopic (exact) mass is 312 g/mol. The van der Waals surface area contributed by atoms with Crippen LogP contribution in [-0.4, -0.2) is 10.9 Å². The topological polar surface area (TPSA) is 44.9 Å². The van der Waals surface area contributed by atoms with Crippen LogP contribution in [0.4, 0.5) is 5.69 Å². The van der Waals surface area contributed by atoms with Gasteiger partial charge in [-0.3, -0.25) is 4.79 Å². The number of fused-ring (bicyclic) bond motifs is 1. The third-order valence-corrected chi connectivity index (χ3v) is 5.60. The maximum atomic E-state index is 12.8. The summed E-state index contributed by atoms with van der Waals surface area (Å²) in [7, 11) is 0. The molecular weight excluding hydrogens is 292 g/mol. The molecule has 1 aromatic carbocycles. The summed E-state index contributed by atoms with van der Waals surface area (Å²) >= 11 is 1.68. The van der Waals surface area contributed by atoms with Crippen molar-refractivity contribution >= 4 is 33.1 Å². The highest BCUT2D eigenvalue weighted by Crippen LogP contribution is 2.34. The molecule has 0 unspecified atom stereocenters. The number of carbonyl (C=O) groups excluding carboxylic acids is 1. The minimum absolute atomic E-state index is 0.0429. The van der Waals surface area contributed by atoms with E-state index >= 15 is 0 Å². The van der Waals surface area contributed by atoms with Crippen LogP contribution in [0, 0.1) is 34.6 Å². The Hall–Kier alpha value is -2.07. The number of aromatic nitrogens is 1. The van der Waals surface area contributed by atoms with Crippen LogP contribution in [0.15, 0.2) is 18.2 Å². The van der Waals surface area contributed by atoms with Crippen molar-refractivity contribution in [3.8, 4) is 0 Å². The average molecular weight is 312 g/mol. The number of carbonyl (C=O) groups is 1. The summed E-state index contributed by atoms with van der Waals surface area (Å²) in [5.41, 5.74) is 7.24. The number of H-pyrrole nitrogens is 1. The van der Waals surface area contributed by atoms with Crippen molar-refractivity contribution in [1.29, 1.82) is 0 Å². The van der Waals surface area contributed by atoms with Crippen molar-refractivity contribution in [2.45, 2.75) is 34.6 Å². The molecule has 0 bridgehead atoms. The second-order valence-electron chi connectivity index (χ2n) is 5.81. The molecule has 3 aromatic rings. The van der Waals surface area contributed by atoms with Gasteiger partial charge in [0.2, 0.25) is 0 Å². The fourth-order valence-electron chi connectivity index (χ4n) is 2.72. The first-order valence-electron chi connectivity index (χ1n) is 7.36. The molecule has 0 aliphatic carbocycles. The maximum Gasteiger partial charge on any atom is 0.258 e. The van der Waals surface area contributed by atoms with E-state index in [-0.39, 0.29) is 5.91 Å².